The number of nitrogens with two attached hydrogens (primary N) is 1. The zero-order valence-electron chi connectivity index (χ0n) is 18.0. The molecular formula is C28H18N4O2. The fourth-order valence-corrected chi connectivity index (χ4v) is 3.69. The summed E-state index contributed by atoms with van der Waals surface area (Å²) in [5, 5.41) is 30.2. The molecular weight excluding hydrogens is 424 g/mol. The van der Waals surface area contributed by atoms with Gasteiger partial charge < -0.3 is 5.73 Å². The molecule has 0 aromatic heterocycles. The van der Waals surface area contributed by atoms with E-state index in [1.165, 1.54) is 12.1 Å². The number of nitro benzene ring substituents is 1. The molecule has 0 spiro atoms. The van der Waals surface area contributed by atoms with Gasteiger partial charge in [0.1, 0.15) is 12.1 Å². The number of hydrogen-bond donors (Lipinski definition) is 1. The van der Waals surface area contributed by atoms with Crippen LogP contribution in [0, 0.1) is 32.8 Å². The molecule has 0 heterocycles. The van der Waals surface area contributed by atoms with Crippen molar-refractivity contribution in [3.8, 4) is 34.4 Å². The molecule has 34 heavy (non-hydrogen) atoms. The normalized spacial score (nSPS) is 10.5. The molecule has 0 fully saturated rings. The van der Waals surface area contributed by atoms with Crippen LogP contribution < -0.4 is 5.73 Å². The first-order valence-corrected chi connectivity index (χ1v) is 10.4. The summed E-state index contributed by atoms with van der Waals surface area (Å²) in [6, 6.07) is 29.5. The van der Waals surface area contributed by atoms with E-state index in [2.05, 4.69) is 12.1 Å². The van der Waals surface area contributed by atoms with E-state index in [4.69, 9.17) is 5.73 Å². The second kappa shape index (κ2) is 9.52. The number of nitro groups is 1. The van der Waals surface area contributed by atoms with Crippen molar-refractivity contribution >= 4 is 23.5 Å². The van der Waals surface area contributed by atoms with Crippen molar-refractivity contribution in [1.82, 2.24) is 0 Å². The van der Waals surface area contributed by atoms with Gasteiger partial charge in [-0.1, -0.05) is 66.7 Å². The van der Waals surface area contributed by atoms with E-state index in [1.54, 1.807) is 12.1 Å². The first-order chi connectivity index (χ1) is 16.5. The predicted molar refractivity (Wildman–Crippen MR) is 133 cm³/mol. The first kappa shape index (κ1) is 22.0. The smallest absolute Gasteiger partial charge is 0.269 e. The minimum Gasteiger partial charge on any atom is -0.397 e. The van der Waals surface area contributed by atoms with Crippen LogP contribution in [0.1, 0.15) is 22.3 Å². The Labute approximate surface area is 196 Å². The van der Waals surface area contributed by atoms with Gasteiger partial charge in [0.25, 0.3) is 5.69 Å². The number of nitrogens with zero attached hydrogens (tertiary/aromatic N) is 3. The summed E-state index contributed by atoms with van der Waals surface area (Å²) in [6.45, 7) is 0. The van der Waals surface area contributed by atoms with Crippen molar-refractivity contribution in [3.63, 3.8) is 0 Å². The molecule has 2 N–H and O–H groups in total. The zero-order chi connectivity index (χ0) is 24.1. The van der Waals surface area contributed by atoms with Gasteiger partial charge in [-0.2, -0.15) is 10.5 Å². The molecule has 4 aromatic carbocycles. The molecule has 0 saturated heterocycles. The van der Waals surface area contributed by atoms with Gasteiger partial charge in [0.15, 0.2) is 0 Å². The van der Waals surface area contributed by atoms with Crippen LogP contribution in [0.3, 0.4) is 0 Å². The van der Waals surface area contributed by atoms with Crippen LogP contribution >= 0.6 is 0 Å². The average molecular weight is 442 g/mol. The highest BCUT2D eigenvalue weighted by atomic mass is 16.6. The SMILES string of the molecule is N#Cc1c(-c2ccccc2)cc(-c2ccc(/C=C/c3ccc([N+](=O)[O-])cc3)cc2)c(C#N)c1N. The van der Waals surface area contributed by atoms with Gasteiger partial charge in [0.05, 0.1) is 21.7 Å². The van der Waals surface area contributed by atoms with E-state index >= 15 is 0 Å². The molecule has 0 aliphatic heterocycles. The number of anilines is 1. The van der Waals surface area contributed by atoms with E-state index in [0.29, 0.717) is 11.1 Å². The minimum absolute atomic E-state index is 0.0476. The third kappa shape index (κ3) is 4.38. The molecule has 0 bridgehead atoms. The molecule has 162 valence electrons. The molecule has 6 heteroatoms. The summed E-state index contributed by atoms with van der Waals surface area (Å²) in [7, 11) is 0. The number of rotatable bonds is 5. The molecule has 0 aliphatic carbocycles. The molecule has 0 atom stereocenters. The lowest BCUT2D eigenvalue weighted by atomic mass is 9.89. The lowest BCUT2D eigenvalue weighted by Crippen LogP contribution is -2.00. The van der Waals surface area contributed by atoms with Crippen molar-refractivity contribution in [1.29, 1.82) is 10.5 Å². The Kier molecular flexibility index (Phi) is 6.16. The van der Waals surface area contributed by atoms with Crippen molar-refractivity contribution < 1.29 is 4.92 Å². The second-order valence-electron chi connectivity index (χ2n) is 7.53. The molecule has 0 radical (unpaired) electrons. The first-order valence-electron chi connectivity index (χ1n) is 10.4. The van der Waals surface area contributed by atoms with Crippen LogP contribution in [-0.4, -0.2) is 4.92 Å². The van der Waals surface area contributed by atoms with Crippen LogP contribution in [0.4, 0.5) is 11.4 Å². The van der Waals surface area contributed by atoms with Gasteiger partial charge in [0.2, 0.25) is 0 Å². The maximum absolute atomic E-state index is 10.8. The Bertz CT molecular complexity index is 1480. The predicted octanol–water partition coefficient (Wildman–Crippen LogP) is 6.42. The maximum Gasteiger partial charge on any atom is 0.269 e. The molecule has 6 nitrogen and oxygen atoms in total. The van der Waals surface area contributed by atoms with Gasteiger partial charge in [-0.25, -0.2) is 0 Å². The number of nitriles is 2. The Morgan fingerprint density at radius 2 is 1.21 bits per heavy atom. The van der Waals surface area contributed by atoms with Crippen LogP contribution in [0.2, 0.25) is 0 Å². The van der Waals surface area contributed by atoms with Gasteiger partial charge in [-0.15, -0.1) is 0 Å². The number of hydrogen-bond acceptors (Lipinski definition) is 5. The molecule has 0 unspecified atom stereocenters. The lowest BCUT2D eigenvalue weighted by Gasteiger charge is -2.14. The van der Waals surface area contributed by atoms with Crippen molar-refractivity contribution in [2.75, 3.05) is 5.73 Å². The molecule has 4 rings (SSSR count). The van der Waals surface area contributed by atoms with Gasteiger partial charge >= 0.3 is 0 Å². The highest BCUT2D eigenvalue weighted by Crippen LogP contribution is 2.37. The van der Waals surface area contributed by atoms with E-state index in [9.17, 15) is 20.6 Å². The molecule has 0 amide bonds. The average Bonchev–Trinajstić information content (AvgIpc) is 2.88. The van der Waals surface area contributed by atoms with Crippen molar-refractivity contribution in [3.05, 3.63) is 117 Å². The maximum atomic E-state index is 10.8. The Balaban J connectivity index is 1.70. The second-order valence-corrected chi connectivity index (χ2v) is 7.53. The zero-order valence-corrected chi connectivity index (χ0v) is 18.0. The van der Waals surface area contributed by atoms with Crippen molar-refractivity contribution in [2.24, 2.45) is 0 Å². The van der Waals surface area contributed by atoms with Gasteiger partial charge in [0, 0.05) is 23.3 Å². The Morgan fingerprint density at radius 1 is 0.735 bits per heavy atom. The largest absolute Gasteiger partial charge is 0.397 e. The van der Waals surface area contributed by atoms with Gasteiger partial charge in [-0.3, -0.25) is 10.1 Å². The number of benzene rings is 4. The fraction of sp³-hybridized carbons (Fsp3) is 0. The van der Waals surface area contributed by atoms with Crippen molar-refractivity contribution in [2.45, 2.75) is 0 Å². The fourth-order valence-electron chi connectivity index (χ4n) is 3.69. The topological polar surface area (TPSA) is 117 Å². The summed E-state index contributed by atoms with van der Waals surface area (Å²) >= 11 is 0. The number of nitrogen functional groups attached to an aromatic ring is 1. The van der Waals surface area contributed by atoms with Crippen LogP contribution in [0.25, 0.3) is 34.4 Å². The Morgan fingerprint density at radius 3 is 1.68 bits per heavy atom. The number of non-ortho nitro benzene ring substituents is 1. The Hall–Kier alpha value is -5.20. The summed E-state index contributed by atoms with van der Waals surface area (Å²) in [6.07, 6.45) is 3.77. The third-order valence-corrected chi connectivity index (χ3v) is 5.47. The molecule has 4 aromatic rings. The standard InChI is InChI=1S/C28H18N4O2/c29-17-26-24(21-4-2-1-3-5-21)16-25(27(18-30)28(26)31)22-12-8-19(9-13-22)6-7-20-10-14-23(15-11-20)32(33)34/h1-16H,31H2/b7-6+. The minimum atomic E-state index is -0.430. The highest BCUT2D eigenvalue weighted by molar-refractivity contribution is 5.89. The van der Waals surface area contributed by atoms with Crippen LogP contribution in [-0.2, 0) is 0 Å². The van der Waals surface area contributed by atoms with Crippen LogP contribution in [0.15, 0.2) is 84.9 Å². The van der Waals surface area contributed by atoms with E-state index in [-0.39, 0.29) is 22.5 Å². The highest BCUT2D eigenvalue weighted by Gasteiger charge is 2.18. The summed E-state index contributed by atoms with van der Waals surface area (Å²) in [4.78, 5) is 10.4. The van der Waals surface area contributed by atoms with E-state index in [1.807, 2.05) is 72.8 Å². The summed E-state index contributed by atoms with van der Waals surface area (Å²) in [5.41, 5.74) is 11.8. The summed E-state index contributed by atoms with van der Waals surface area (Å²) in [5.74, 6) is 0. The third-order valence-electron chi connectivity index (χ3n) is 5.47. The van der Waals surface area contributed by atoms with Crippen LogP contribution in [0.5, 0.6) is 0 Å². The van der Waals surface area contributed by atoms with Gasteiger partial charge in [-0.05, 0) is 40.5 Å². The quantitative estimate of drug-likeness (QED) is 0.165. The van der Waals surface area contributed by atoms with E-state index < -0.39 is 4.92 Å². The molecule has 0 saturated carbocycles. The summed E-state index contributed by atoms with van der Waals surface area (Å²) < 4.78 is 0. The lowest BCUT2D eigenvalue weighted by molar-refractivity contribution is -0.384. The monoisotopic (exact) mass is 442 g/mol. The molecule has 0 aliphatic rings. The van der Waals surface area contributed by atoms with E-state index in [0.717, 1.165) is 22.3 Å².